The van der Waals surface area contributed by atoms with Crippen molar-refractivity contribution in [2.45, 2.75) is 26.5 Å². The number of nitrogens with one attached hydrogen (secondary N) is 1. The van der Waals surface area contributed by atoms with Crippen molar-refractivity contribution in [2.24, 2.45) is 0 Å². The summed E-state index contributed by atoms with van der Waals surface area (Å²) in [5, 5.41) is 0. The molecule has 0 aliphatic carbocycles. The molecule has 21 heavy (non-hydrogen) atoms. The highest BCUT2D eigenvalue weighted by Gasteiger charge is 2.07. The van der Waals surface area contributed by atoms with Crippen LogP contribution in [0.4, 0.5) is 0 Å². The third kappa shape index (κ3) is 2.84. The Hall–Kier alpha value is -2.49. The second-order valence-electron chi connectivity index (χ2n) is 5.35. The fourth-order valence-electron chi connectivity index (χ4n) is 2.44. The molecule has 4 heteroatoms. The van der Waals surface area contributed by atoms with Gasteiger partial charge in [-0.15, -0.1) is 0 Å². The van der Waals surface area contributed by atoms with E-state index in [1.807, 2.05) is 62.4 Å². The van der Waals surface area contributed by atoms with E-state index in [9.17, 15) is 4.79 Å². The Kier molecular flexibility index (Phi) is 3.52. The van der Waals surface area contributed by atoms with Crippen LogP contribution in [0.25, 0.3) is 11.0 Å². The molecular weight excluding hydrogens is 264 g/mol. The lowest BCUT2D eigenvalue weighted by atomic mass is 10.2. The van der Waals surface area contributed by atoms with Crippen molar-refractivity contribution in [1.29, 1.82) is 0 Å². The number of aromatic amines is 1. The van der Waals surface area contributed by atoms with Crippen molar-refractivity contribution in [2.75, 3.05) is 0 Å². The molecule has 0 saturated heterocycles. The molecule has 0 aliphatic heterocycles. The Morgan fingerprint density at radius 1 is 1.14 bits per heavy atom. The summed E-state index contributed by atoms with van der Waals surface area (Å²) < 4.78 is 7.44. The number of ether oxygens (including phenoxy) is 1. The van der Waals surface area contributed by atoms with E-state index in [2.05, 4.69) is 4.98 Å². The number of rotatable bonds is 4. The Labute approximate surface area is 123 Å². The highest BCUT2D eigenvalue weighted by molar-refractivity contribution is 5.75. The van der Waals surface area contributed by atoms with Gasteiger partial charge in [0.1, 0.15) is 5.75 Å². The Bertz CT molecular complexity index is 815. The smallest absolute Gasteiger partial charge is 0.326 e. The molecule has 3 aromatic rings. The van der Waals surface area contributed by atoms with Gasteiger partial charge in [0.05, 0.1) is 23.7 Å². The summed E-state index contributed by atoms with van der Waals surface area (Å²) in [6.45, 7) is 4.52. The lowest BCUT2D eigenvalue weighted by molar-refractivity contribution is 0.242. The lowest BCUT2D eigenvalue weighted by Crippen LogP contribution is -2.17. The van der Waals surface area contributed by atoms with E-state index in [4.69, 9.17) is 4.74 Å². The minimum absolute atomic E-state index is 0.0913. The minimum atomic E-state index is -0.0913. The van der Waals surface area contributed by atoms with E-state index < -0.39 is 0 Å². The van der Waals surface area contributed by atoms with Gasteiger partial charge in [-0.3, -0.25) is 4.57 Å². The van der Waals surface area contributed by atoms with Crippen LogP contribution in [-0.2, 0) is 6.54 Å². The topological polar surface area (TPSA) is 47.0 Å². The molecule has 1 N–H and O–H groups in total. The summed E-state index contributed by atoms with van der Waals surface area (Å²) in [5.41, 5.74) is 2.72. The summed E-state index contributed by atoms with van der Waals surface area (Å²) in [4.78, 5) is 15.0. The van der Waals surface area contributed by atoms with Gasteiger partial charge in [-0.25, -0.2) is 4.79 Å². The van der Waals surface area contributed by atoms with E-state index in [1.165, 1.54) is 0 Å². The fourth-order valence-corrected chi connectivity index (χ4v) is 2.44. The van der Waals surface area contributed by atoms with Gasteiger partial charge in [-0.1, -0.05) is 24.3 Å². The molecule has 0 unspecified atom stereocenters. The monoisotopic (exact) mass is 282 g/mol. The molecular formula is C17H18N2O2. The number of hydrogen-bond acceptors (Lipinski definition) is 2. The Morgan fingerprint density at radius 3 is 2.76 bits per heavy atom. The van der Waals surface area contributed by atoms with Crippen LogP contribution in [0.3, 0.4) is 0 Å². The van der Waals surface area contributed by atoms with Crippen LogP contribution in [0.1, 0.15) is 19.4 Å². The molecule has 0 bridgehead atoms. The maximum absolute atomic E-state index is 12.1. The van der Waals surface area contributed by atoms with Crippen LogP contribution in [0.2, 0.25) is 0 Å². The summed E-state index contributed by atoms with van der Waals surface area (Å²) >= 11 is 0. The maximum atomic E-state index is 12.1. The number of aromatic nitrogens is 2. The van der Waals surface area contributed by atoms with Crippen molar-refractivity contribution in [3.05, 3.63) is 64.6 Å². The zero-order valence-corrected chi connectivity index (χ0v) is 12.2. The van der Waals surface area contributed by atoms with Crippen molar-refractivity contribution in [3.63, 3.8) is 0 Å². The molecule has 0 aliphatic rings. The second-order valence-corrected chi connectivity index (χ2v) is 5.35. The van der Waals surface area contributed by atoms with E-state index >= 15 is 0 Å². The van der Waals surface area contributed by atoms with Gasteiger partial charge in [0.25, 0.3) is 0 Å². The molecule has 108 valence electrons. The molecule has 4 nitrogen and oxygen atoms in total. The van der Waals surface area contributed by atoms with Crippen LogP contribution < -0.4 is 10.4 Å². The standard InChI is InChI=1S/C17H18N2O2/c1-12(2)21-14-7-5-6-13(10-14)11-19-16-9-4-3-8-15(16)18-17(19)20/h3-10,12H,11H2,1-2H3,(H,18,20). The van der Waals surface area contributed by atoms with E-state index in [-0.39, 0.29) is 11.8 Å². The fraction of sp³-hybridized carbons (Fsp3) is 0.235. The normalized spacial score (nSPS) is 11.2. The molecule has 0 spiro atoms. The number of benzene rings is 2. The molecule has 1 aromatic heterocycles. The van der Waals surface area contributed by atoms with Gasteiger partial charge in [-0.05, 0) is 43.7 Å². The molecule has 1 heterocycles. The molecule has 0 amide bonds. The second kappa shape index (κ2) is 5.48. The predicted molar refractivity (Wildman–Crippen MR) is 83.9 cm³/mol. The average molecular weight is 282 g/mol. The van der Waals surface area contributed by atoms with Crippen LogP contribution in [-0.4, -0.2) is 15.7 Å². The summed E-state index contributed by atoms with van der Waals surface area (Å²) in [7, 11) is 0. The van der Waals surface area contributed by atoms with Crippen LogP contribution in [0, 0.1) is 0 Å². The van der Waals surface area contributed by atoms with Crippen molar-refractivity contribution < 1.29 is 4.74 Å². The van der Waals surface area contributed by atoms with Crippen molar-refractivity contribution >= 4 is 11.0 Å². The first-order valence-electron chi connectivity index (χ1n) is 7.06. The predicted octanol–water partition coefficient (Wildman–Crippen LogP) is 3.17. The van der Waals surface area contributed by atoms with Crippen LogP contribution >= 0.6 is 0 Å². The van der Waals surface area contributed by atoms with Gasteiger partial charge < -0.3 is 9.72 Å². The minimum Gasteiger partial charge on any atom is -0.491 e. The highest BCUT2D eigenvalue weighted by Crippen LogP contribution is 2.17. The average Bonchev–Trinajstić information content (AvgIpc) is 2.75. The molecule has 0 radical (unpaired) electrons. The van der Waals surface area contributed by atoms with E-state index in [0.29, 0.717) is 6.54 Å². The van der Waals surface area contributed by atoms with Crippen LogP contribution in [0.5, 0.6) is 5.75 Å². The molecule has 0 atom stereocenters. The van der Waals surface area contributed by atoms with Crippen LogP contribution in [0.15, 0.2) is 53.3 Å². The molecule has 3 rings (SSSR count). The van der Waals surface area contributed by atoms with Gasteiger partial charge in [0, 0.05) is 0 Å². The zero-order valence-electron chi connectivity index (χ0n) is 12.2. The van der Waals surface area contributed by atoms with Gasteiger partial charge in [0.2, 0.25) is 0 Å². The number of hydrogen-bond donors (Lipinski definition) is 1. The molecule has 0 fully saturated rings. The largest absolute Gasteiger partial charge is 0.491 e. The highest BCUT2D eigenvalue weighted by atomic mass is 16.5. The first-order valence-corrected chi connectivity index (χ1v) is 7.06. The number of nitrogens with zero attached hydrogens (tertiary/aromatic N) is 1. The summed E-state index contributed by atoms with van der Waals surface area (Å²) in [6.07, 6.45) is 0.135. The Balaban J connectivity index is 1.95. The zero-order chi connectivity index (χ0) is 14.8. The van der Waals surface area contributed by atoms with E-state index in [0.717, 1.165) is 22.3 Å². The first-order chi connectivity index (χ1) is 10.1. The SMILES string of the molecule is CC(C)Oc1cccc(Cn2c(=O)[nH]c3ccccc32)c1. The third-order valence-electron chi connectivity index (χ3n) is 3.29. The Morgan fingerprint density at radius 2 is 1.95 bits per heavy atom. The maximum Gasteiger partial charge on any atom is 0.326 e. The number of para-hydroxylation sites is 2. The number of H-pyrrole nitrogens is 1. The molecule has 0 saturated carbocycles. The van der Waals surface area contributed by atoms with Gasteiger partial charge >= 0.3 is 5.69 Å². The van der Waals surface area contributed by atoms with Gasteiger partial charge in [-0.2, -0.15) is 0 Å². The number of imidazole rings is 1. The van der Waals surface area contributed by atoms with Crippen molar-refractivity contribution in [1.82, 2.24) is 9.55 Å². The quantitative estimate of drug-likeness (QED) is 0.799. The number of fused-ring (bicyclic) bond motifs is 1. The molecule has 2 aromatic carbocycles. The lowest BCUT2D eigenvalue weighted by Gasteiger charge is -2.11. The van der Waals surface area contributed by atoms with E-state index in [1.54, 1.807) is 4.57 Å². The third-order valence-corrected chi connectivity index (χ3v) is 3.29. The first kappa shape index (κ1) is 13.5. The summed E-state index contributed by atoms with van der Waals surface area (Å²) in [6, 6.07) is 15.6. The van der Waals surface area contributed by atoms with Gasteiger partial charge in [0.15, 0.2) is 0 Å². The van der Waals surface area contributed by atoms with Crippen molar-refractivity contribution in [3.8, 4) is 5.75 Å². The summed E-state index contributed by atoms with van der Waals surface area (Å²) in [5.74, 6) is 0.829.